The van der Waals surface area contributed by atoms with Crippen molar-refractivity contribution in [1.29, 1.82) is 0 Å². The van der Waals surface area contributed by atoms with Crippen LogP contribution in [0.5, 0.6) is 5.75 Å². The Kier molecular flexibility index (Phi) is 6.32. The third-order valence-electron chi connectivity index (χ3n) is 1.86. The highest BCUT2D eigenvalue weighted by molar-refractivity contribution is 5.45. The zero-order valence-electron chi connectivity index (χ0n) is 9.40. The zero-order valence-corrected chi connectivity index (χ0v) is 9.40. The summed E-state index contributed by atoms with van der Waals surface area (Å²) in [6, 6.07) is 6.81. The molecule has 1 aromatic carbocycles. The molecule has 0 amide bonds. The van der Waals surface area contributed by atoms with Gasteiger partial charge in [0.05, 0.1) is 6.73 Å². The molecule has 1 aromatic rings. The fraction of sp³-hybridized carbons (Fsp3) is 0.455. The highest BCUT2D eigenvalue weighted by Crippen LogP contribution is 2.12. The number of phenols is 1. The maximum atomic E-state index is 9.07. The maximum absolute atomic E-state index is 9.07. The molecule has 0 heterocycles. The number of aromatic hydroxyl groups is 1. The molecule has 90 valence electrons. The van der Waals surface area contributed by atoms with E-state index in [-0.39, 0.29) is 5.75 Å². The molecule has 0 spiro atoms. The molecule has 0 fully saturated rings. The highest BCUT2D eigenvalue weighted by Gasteiger charge is 1.91. The molecule has 5 nitrogen and oxygen atoms in total. The van der Waals surface area contributed by atoms with Crippen LogP contribution in [0.25, 0.3) is 0 Å². The second-order valence-corrected chi connectivity index (χ2v) is 3.10. The molecule has 0 aliphatic rings. The van der Waals surface area contributed by atoms with Gasteiger partial charge in [-0.1, -0.05) is 0 Å². The van der Waals surface area contributed by atoms with Crippen LogP contribution in [0, 0.1) is 0 Å². The Hall–Kier alpha value is -1.30. The lowest BCUT2D eigenvalue weighted by Crippen LogP contribution is -2.23. The number of nitrogens with one attached hydrogen (secondary N) is 2. The molecule has 0 aliphatic carbocycles. The van der Waals surface area contributed by atoms with Gasteiger partial charge in [0.1, 0.15) is 19.2 Å². The molecule has 0 aromatic heterocycles. The standard InChI is InChI=1S/C11H18N2O3/c1-2-15-7-12-8-16-9-13-10-3-5-11(14)6-4-10/h3-6,12-14H,2,7-9H2,1H3. The van der Waals surface area contributed by atoms with Crippen LogP contribution in [-0.2, 0) is 9.47 Å². The minimum atomic E-state index is 0.254. The molecule has 16 heavy (non-hydrogen) atoms. The lowest BCUT2D eigenvalue weighted by atomic mass is 10.3. The van der Waals surface area contributed by atoms with Gasteiger partial charge in [0.25, 0.3) is 0 Å². The minimum Gasteiger partial charge on any atom is -0.508 e. The summed E-state index contributed by atoms with van der Waals surface area (Å²) >= 11 is 0. The van der Waals surface area contributed by atoms with Gasteiger partial charge in [-0.2, -0.15) is 0 Å². The van der Waals surface area contributed by atoms with Crippen LogP contribution in [0.4, 0.5) is 5.69 Å². The second-order valence-electron chi connectivity index (χ2n) is 3.10. The van der Waals surface area contributed by atoms with E-state index < -0.39 is 0 Å². The van der Waals surface area contributed by atoms with Crippen LogP contribution in [0.1, 0.15) is 6.92 Å². The summed E-state index contributed by atoms with van der Waals surface area (Å²) in [7, 11) is 0. The van der Waals surface area contributed by atoms with Gasteiger partial charge in [-0.25, -0.2) is 0 Å². The van der Waals surface area contributed by atoms with E-state index in [0.29, 0.717) is 26.8 Å². The molecule has 0 bridgehead atoms. The van der Waals surface area contributed by atoms with Crippen LogP contribution in [0.3, 0.4) is 0 Å². The third-order valence-corrected chi connectivity index (χ3v) is 1.86. The fourth-order valence-electron chi connectivity index (χ4n) is 1.05. The van der Waals surface area contributed by atoms with Crippen LogP contribution >= 0.6 is 0 Å². The number of hydrogen-bond donors (Lipinski definition) is 3. The van der Waals surface area contributed by atoms with Gasteiger partial charge < -0.3 is 19.9 Å². The lowest BCUT2D eigenvalue weighted by molar-refractivity contribution is 0.0712. The number of phenolic OH excluding ortho intramolecular Hbond substituents is 1. The van der Waals surface area contributed by atoms with Crippen LogP contribution < -0.4 is 10.6 Å². The SMILES string of the molecule is CCOCNCOCNc1ccc(O)cc1. The first-order valence-corrected chi connectivity index (χ1v) is 5.22. The van der Waals surface area contributed by atoms with E-state index in [1.165, 1.54) is 0 Å². The van der Waals surface area contributed by atoms with Gasteiger partial charge in [0.2, 0.25) is 0 Å². The Morgan fingerprint density at radius 2 is 1.75 bits per heavy atom. The summed E-state index contributed by atoms with van der Waals surface area (Å²) in [5.74, 6) is 0.254. The van der Waals surface area contributed by atoms with Gasteiger partial charge in [-0.05, 0) is 31.2 Å². The molecule has 0 unspecified atom stereocenters. The third kappa shape index (κ3) is 5.55. The smallest absolute Gasteiger partial charge is 0.118 e. The van der Waals surface area contributed by atoms with E-state index in [1.807, 2.05) is 6.92 Å². The molecule has 3 N–H and O–H groups in total. The van der Waals surface area contributed by atoms with E-state index in [1.54, 1.807) is 24.3 Å². The Morgan fingerprint density at radius 1 is 1.06 bits per heavy atom. The van der Waals surface area contributed by atoms with Crippen LogP contribution in [0.15, 0.2) is 24.3 Å². The largest absolute Gasteiger partial charge is 0.508 e. The highest BCUT2D eigenvalue weighted by atomic mass is 16.5. The topological polar surface area (TPSA) is 62.8 Å². The number of anilines is 1. The second kappa shape index (κ2) is 7.92. The number of hydrogen-bond acceptors (Lipinski definition) is 5. The Morgan fingerprint density at radius 3 is 2.44 bits per heavy atom. The predicted octanol–water partition coefficient (Wildman–Crippen LogP) is 1.32. The van der Waals surface area contributed by atoms with Crippen LogP contribution in [-0.4, -0.2) is 31.9 Å². The van der Waals surface area contributed by atoms with Crippen molar-refractivity contribution in [2.24, 2.45) is 0 Å². The molecule has 0 radical (unpaired) electrons. The van der Waals surface area contributed by atoms with E-state index >= 15 is 0 Å². The van der Waals surface area contributed by atoms with E-state index in [0.717, 1.165) is 5.69 Å². The predicted molar refractivity (Wildman–Crippen MR) is 62.2 cm³/mol. The van der Waals surface area contributed by atoms with E-state index in [4.69, 9.17) is 14.6 Å². The Bertz CT molecular complexity index is 277. The van der Waals surface area contributed by atoms with Crippen molar-refractivity contribution in [2.75, 3.05) is 32.1 Å². The summed E-state index contributed by atoms with van der Waals surface area (Å²) in [6.07, 6.45) is 0. The summed E-state index contributed by atoms with van der Waals surface area (Å²) < 4.78 is 10.3. The first-order valence-electron chi connectivity index (χ1n) is 5.22. The first-order chi connectivity index (χ1) is 7.83. The minimum absolute atomic E-state index is 0.254. The van der Waals surface area contributed by atoms with Crippen molar-refractivity contribution in [3.8, 4) is 5.75 Å². The summed E-state index contributed by atoms with van der Waals surface area (Å²) in [4.78, 5) is 0. The van der Waals surface area contributed by atoms with Crippen molar-refractivity contribution >= 4 is 5.69 Å². The molecule has 0 saturated carbocycles. The lowest BCUT2D eigenvalue weighted by Gasteiger charge is -2.08. The van der Waals surface area contributed by atoms with Crippen molar-refractivity contribution < 1.29 is 14.6 Å². The average Bonchev–Trinajstić information content (AvgIpc) is 2.30. The van der Waals surface area contributed by atoms with Crippen LogP contribution in [0.2, 0.25) is 0 Å². The monoisotopic (exact) mass is 226 g/mol. The van der Waals surface area contributed by atoms with Crippen molar-refractivity contribution in [1.82, 2.24) is 5.32 Å². The number of rotatable bonds is 8. The molecule has 5 heteroatoms. The summed E-state index contributed by atoms with van der Waals surface area (Å²) in [6.45, 7) is 3.97. The molecular weight excluding hydrogens is 208 g/mol. The Balaban J connectivity index is 2.01. The molecule has 0 saturated heterocycles. The Labute approximate surface area is 95.4 Å². The normalized spacial score (nSPS) is 10.3. The zero-order chi connectivity index (χ0) is 11.6. The number of benzene rings is 1. The summed E-state index contributed by atoms with van der Waals surface area (Å²) in [5.41, 5.74) is 0.905. The van der Waals surface area contributed by atoms with E-state index in [9.17, 15) is 0 Å². The molecule has 0 aliphatic heterocycles. The van der Waals surface area contributed by atoms with Crippen molar-refractivity contribution in [3.63, 3.8) is 0 Å². The van der Waals surface area contributed by atoms with Crippen molar-refractivity contribution in [3.05, 3.63) is 24.3 Å². The van der Waals surface area contributed by atoms with Gasteiger partial charge in [0.15, 0.2) is 0 Å². The maximum Gasteiger partial charge on any atom is 0.118 e. The average molecular weight is 226 g/mol. The fourth-order valence-corrected chi connectivity index (χ4v) is 1.05. The van der Waals surface area contributed by atoms with E-state index in [2.05, 4.69) is 10.6 Å². The molecular formula is C11H18N2O3. The number of ether oxygens (including phenoxy) is 2. The van der Waals surface area contributed by atoms with Gasteiger partial charge in [-0.15, -0.1) is 0 Å². The van der Waals surface area contributed by atoms with Gasteiger partial charge >= 0.3 is 0 Å². The quantitative estimate of drug-likeness (QED) is 0.354. The van der Waals surface area contributed by atoms with Gasteiger partial charge in [-0.3, -0.25) is 5.32 Å². The summed E-state index contributed by atoms with van der Waals surface area (Å²) in [5, 5.41) is 15.1. The van der Waals surface area contributed by atoms with Gasteiger partial charge in [0, 0.05) is 12.3 Å². The first kappa shape index (κ1) is 12.8. The molecule has 0 atom stereocenters. The molecule has 1 rings (SSSR count). The van der Waals surface area contributed by atoms with Crippen molar-refractivity contribution in [2.45, 2.75) is 6.92 Å².